The Kier molecular flexibility index (Phi) is 4.84. The number of rotatable bonds is 0. The maximum Gasteiger partial charge on any atom is 0.123 e. The molecule has 15 heavy (non-hydrogen) atoms. The van der Waals surface area contributed by atoms with Gasteiger partial charge in [-0.05, 0) is 36.4 Å². The third kappa shape index (κ3) is 5.18. The quantitative estimate of drug-likeness (QED) is 0.644. The maximum absolute atomic E-state index is 11.9. The Balaban J connectivity index is 0.000000151. The molecular weight excluding hydrogens is 214 g/mol. The van der Waals surface area contributed by atoms with Crippen LogP contribution in [-0.2, 0) is 0 Å². The molecular formula is C12H10F2S. The van der Waals surface area contributed by atoms with Crippen molar-refractivity contribution in [1.29, 1.82) is 0 Å². The lowest BCUT2D eigenvalue weighted by Crippen LogP contribution is -1.72. The minimum atomic E-state index is -0.411. The number of hydrogen-bond acceptors (Lipinski definition) is 1. The molecule has 2 rings (SSSR count). The highest BCUT2D eigenvalue weighted by atomic mass is 32.1. The molecule has 2 aromatic rings. The zero-order chi connectivity index (χ0) is 11.1. The van der Waals surface area contributed by atoms with Gasteiger partial charge in [0.15, 0.2) is 0 Å². The Bertz CT molecular complexity index is 363. The summed E-state index contributed by atoms with van der Waals surface area (Å²) >= 11 is 4.08. The van der Waals surface area contributed by atoms with Crippen LogP contribution in [0, 0.1) is 11.6 Å². The van der Waals surface area contributed by atoms with Crippen molar-refractivity contribution >= 4 is 12.6 Å². The van der Waals surface area contributed by atoms with E-state index in [0.717, 1.165) is 29.2 Å². The second kappa shape index (κ2) is 6.19. The molecule has 0 aliphatic rings. The molecule has 0 aliphatic carbocycles. The van der Waals surface area contributed by atoms with Crippen molar-refractivity contribution in [3.05, 3.63) is 66.2 Å². The zero-order valence-corrected chi connectivity index (χ0v) is 8.79. The van der Waals surface area contributed by atoms with Crippen LogP contribution in [0.15, 0.2) is 59.5 Å². The smallest absolute Gasteiger partial charge is 0.123 e. The van der Waals surface area contributed by atoms with Crippen LogP contribution in [0.4, 0.5) is 8.78 Å². The Morgan fingerprint density at radius 2 is 1.07 bits per heavy atom. The summed E-state index contributed by atoms with van der Waals surface area (Å²) in [6.07, 6.45) is 0. The summed E-state index contributed by atoms with van der Waals surface area (Å²) in [4.78, 5) is 1.02. The van der Waals surface area contributed by atoms with E-state index >= 15 is 0 Å². The van der Waals surface area contributed by atoms with Crippen LogP contribution in [0.2, 0.25) is 0 Å². The fraction of sp³-hybridized carbons (Fsp3) is 0. The van der Waals surface area contributed by atoms with Gasteiger partial charge >= 0.3 is 0 Å². The molecule has 0 amide bonds. The maximum atomic E-state index is 11.9. The van der Waals surface area contributed by atoms with E-state index in [0.29, 0.717) is 0 Å². The molecule has 0 saturated heterocycles. The summed E-state index contributed by atoms with van der Waals surface area (Å²) in [5, 5.41) is 0. The standard InChI is InChI=1S/C6H4F2.C6H6S/c7-5-1-2-6(8)4-3-5;7-6-4-2-1-3-5-6/h1-4H;1-5,7H. The number of thiol groups is 1. The third-order valence-electron chi connectivity index (χ3n) is 1.56. The predicted molar refractivity (Wildman–Crippen MR) is 60.1 cm³/mol. The number of halogens is 2. The van der Waals surface area contributed by atoms with Crippen LogP contribution in [0.1, 0.15) is 0 Å². The molecule has 78 valence electrons. The molecule has 0 aliphatic heterocycles. The molecule has 0 radical (unpaired) electrons. The van der Waals surface area contributed by atoms with Crippen molar-refractivity contribution in [3.8, 4) is 0 Å². The molecule has 2 aromatic carbocycles. The van der Waals surface area contributed by atoms with Crippen molar-refractivity contribution in [2.24, 2.45) is 0 Å². The fourth-order valence-corrected chi connectivity index (χ4v) is 1.03. The molecule has 0 aromatic heterocycles. The third-order valence-corrected chi connectivity index (χ3v) is 1.86. The largest absolute Gasteiger partial charge is 0.207 e. The summed E-state index contributed by atoms with van der Waals surface area (Å²) in [7, 11) is 0. The average molecular weight is 224 g/mol. The van der Waals surface area contributed by atoms with Crippen LogP contribution in [0.25, 0.3) is 0 Å². The van der Waals surface area contributed by atoms with E-state index in [1.54, 1.807) is 0 Å². The summed E-state index contributed by atoms with van der Waals surface area (Å²) in [5.41, 5.74) is 0. The number of hydrogen-bond donors (Lipinski definition) is 1. The van der Waals surface area contributed by atoms with Crippen molar-refractivity contribution in [1.82, 2.24) is 0 Å². The summed E-state index contributed by atoms with van der Waals surface area (Å²) in [5.74, 6) is -0.821. The van der Waals surface area contributed by atoms with Gasteiger partial charge in [-0.3, -0.25) is 0 Å². The lowest BCUT2D eigenvalue weighted by molar-refractivity contribution is 0.600. The summed E-state index contributed by atoms with van der Waals surface area (Å²) in [6, 6.07) is 14.1. The van der Waals surface area contributed by atoms with Crippen molar-refractivity contribution in [3.63, 3.8) is 0 Å². The molecule has 0 N–H and O–H groups in total. The molecule has 0 spiro atoms. The SMILES string of the molecule is Fc1ccc(F)cc1.Sc1ccccc1. The monoisotopic (exact) mass is 224 g/mol. The van der Waals surface area contributed by atoms with Crippen LogP contribution in [0.5, 0.6) is 0 Å². The topological polar surface area (TPSA) is 0 Å². The highest BCUT2D eigenvalue weighted by molar-refractivity contribution is 7.80. The van der Waals surface area contributed by atoms with Gasteiger partial charge in [0.25, 0.3) is 0 Å². The van der Waals surface area contributed by atoms with Crippen LogP contribution >= 0.6 is 12.6 Å². The summed E-state index contributed by atoms with van der Waals surface area (Å²) in [6.45, 7) is 0. The first-order valence-electron chi connectivity index (χ1n) is 4.33. The van der Waals surface area contributed by atoms with Gasteiger partial charge in [0.05, 0.1) is 0 Å². The molecule has 0 bridgehead atoms. The van der Waals surface area contributed by atoms with Gasteiger partial charge in [0, 0.05) is 4.90 Å². The Morgan fingerprint density at radius 1 is 0.667 bits per heavy atom. The van der Waals surface area contributed by atoms with Gasteiger partial charge in [0.1, 0.15) is 11.6 Å². The lowest BCUT2D eigenvalue weighted by Gasteiger charge is -1.83. The van der Waals surface area contributed by atoms with E-state index in [1.807, 2.05) is 30.3 Å². The molecule has 0 saturated carbocycles. The van der Waals surface area contributed by atoms with Gasteiger partial charge in [-0.15, -0.1) is 12.6 Å². The van der Waals surface area contributed by atoms with Gasteiger partial charge in [-0.1, -0.05) is 18.2 Å². The minimum absolute atomic E-state index is 0.411. The first kappa shape index (κ1) is 11.7. The predicted octanol–water partition coefficient (Wildman–Crippen LogP) is 3.94. The Morgan fingerprint density at radius 3 is 1.33 bits per heavy atom. The Hall–Kier alpha value is -1.35. The molecule has 0 heterocycles. The fourth-order valence-electron chi connectivity index (χ4n) is 0.858. The molecule has 0 unspecified atom stereocenters. The van der Waals surface area contributed by atoms with Gasteiger partial charge < -0.3 is 0 Å². The Labute approximate surface area is 93.0 Å². The zero-order valence-electron chi connectivity index (χ0n) is 7.90. The van der Waals surface area contributed by atoms with E-state index in [4.69, 9.17) is 0 Å². The molecule has 3 heteroatoms. The van der Waals surface area contributed by atoms with E-state index < -0.39 is 11.6 Å². The van der Waals surface area contributed by atoms with E-state index in [2.05, 4.69) is 12.6 Å². The highest BCUT2D eigenvalue weighted by Gasteiger charge is 1.86. The lowest BCUT2D eigenvalue weighted by atomic mass is 10.3. The first-order valence-corrected chi connectivity index (χ1v) is 4.78. The van der Waals surface area contributed by atoms with Gasteiger partial charge in [-0.2, -0.15) is 0 Å². The molecule has 0 atom stereocenters. The average Bonchev–Trinajstić information content (AvgIpc) is 2.25. The van der Waals surface area contributed by atoms with Gasteiger partial charge in [0.2, 0.25) is 0 Å². The van der Waals surface area contributed by atoms with E-state index in [1.165, 1.54) is 0 Å². The van der Waals surface area contributed by atoms with Crippen molar-refractivity contribution in [2.45, 2.75) is 4.90 Å². The minimum Gasteiger partial charge on any atom is -0.207 e. The molecule has 0 nitrogen and oxygen atoms in total. The normalized spacial score (nSPS) is 9.00. The van der Waals surface area contributed by atoms with E-state index in [9.17, 15) is 8.78 Å². The molecule has 0 fully saturated rings. The highest BCUT2D eigenvalue weighted by Crippen LogP contribution is 2.01. The second-order valence-electron chi connectivity index (χ2n) is 2.77. The van der Waals surface area contributed by atoms with Crippen molar-refractivity contribution in [2.75, 3.05) is 0 Å². The van der Waals surface area contributed by atoms with Crippen LogP contribution < -0.4 is 0 Å². The van der Waals surface area contributed by atoms with Crippen LogP contribution in [0.3, 0.4) is 0 Å². The van der Waals surface area contributed by atoms with Crippen molar-refractivity contribution < 1.29 is 8.78 Å². The number of benzene rings is 2. The summed E-state index contributed by atoms with van der Waals surface area (Å²) < 4.78 is 23.8. The van der Waals surface area contributed by atoms with Gasteiger partial charge in [-0.25, -0.2) is 8.78 Å². The first-order chi connectivity index (χ1) is 7.18. The van der Waals surface area contributed by atoms with E-state index in [-0.39, 0.29) is 0 Å². The second-order valence-corrected chi connectivity index (χ2v) is 3.29. The van der Waals surface area contributed by atoms with Crippen LogP contribution in [-0.4, -0.2) is 0 Å².